The molecule has 6 nitrogen and oxygen atoms in total. The van der Waals surface area contributed by atoms with Gasteiger partial charge in [0.2, 0.25) is 5.88 Å². The number of aryl methyl sites for hydroxylation is 2. The molecule has 0 fully saturated rings. The Bertz CT molecular complexity index is 345. The van der Waals surface area contributed by atoms with Crippen LogP contribution in [0, 0.1) is 12.3 Å². The Balaban J connectivity index is 3.05. The maximum absolute atomic E-state index is 8.62. The van der Waals surface area contributed by atoms with Gasteiger partial charge in [0.25, 0.3) is 0 Å². The van der Waals surface area contributed by atoms with Gasteiger partial charge in [-0.05, 0) is 6.92 Å². The van der Waals surface area contributed by atoms with Crippen molar-refractivity contribution in [2.75, 3.05) is 13.2 Å². The molecule has 0 bridgehead atoms. The van der Waals surface area contributed by atoms with Crippen LogP contribution in [-0.4, -0.2) is 33.9 Å². The number of ether oxygens (including phenoxy) is 1. The summed E-state index contributed by atoms with van der Waals surface area (Å²) < 4.78 is 6.73. The van der Waals surface area contributed by atoms with Crippen LogP contribution in [0.25, 0.3) is 0 Å². The average Bonchev–Trinajstić information content (AvgIpc) is 2.37. The zero-order valence-electron chi connectivity index (χ0n) is 8.24. The fourth-order valence-electron chi connectivity index (χ4n) is 1.25. The molecule has 0 aliphatic rings. The fourth-order valence-corrected chi connectivity index (χ4v) is 1.25. The number of aromatic nitrogens is 2. The molecule has 1 aromatic rings. The molecule has 0 radical (unpaired) electrons. The molecule has 0 unspecified atom stereocenters. The van der Waals surface area contributed by atoms with Gasteiger partial charge in [-0.2, -0.15) is 5.10 Å². The molecule has 78 valence electrons. The molecule has 14 heavy (non-hydrogen) atoms. The smallest absolute Gasteiger partial charge is 0.223 e. The van der Waals surface area contributed by atoms with E-state index >= 15 is 0 Å². The second kappa shape index (κ2) is 4.10. The summed E-state index contributed by atoms with van der Waals surface area (Å²) >= 11 is 0. The van der Waals surface area contributed by atoms with E-state index in [1.807, 2.05) is 0 Å². The molecule has 0 aliphatic carbocycles. The lowest BCUT2D eigenvalue weighted by atomic mass is 10.2. The predicted molar refractivity (Wildman–Crippen MR) is 51.5 cm³/mol. The lowest BCUT2D eigenvalue weighted by Crippen LogP contribution is -2.15. The zero-order chi connectivity index (χ0) is 10.7. The summed E-state index contributed by atoms with van der Waals surface area (Å²) in [5.41, 5.74) is 6.52. The summed E-state index contributed by atoms with van der Waals surface area (Å²) in [5.74, 6) is 0.340. The van der Waals surface area contributed by atoms with E-state index in [4.69, 9.17) is 21.0 Å². The van der Waals surface area contributed by atoms with E-state index in [0.29, 0.717) is 17.1 Å². The first-order chi connectivity index (χ1) is 6.57. The third kappa shape index (κ3) is 1.85. The molecule has 0 spiro atoms. The van der Waals surface area contributed by atoms with E-state index in [2.05, 4.69) is 5.10 Å². The predicted octanol–water partition coefficient (Wildman–Crippen LogP) is -0.616. The molecule has 1 heterocycles. The summed E-state index contributed by atoms with van der Waals surface area (Å²) in [6, 6.07) is 0. The van der Waals surface area contributed by atoms with E-state index in [-0.39, 0.29) is 19.0 Å². The number of aliphatic hydroxyl groups is 1. The number of rotatable bonds is 4. The normalized spacial score (nSPS) is 10.2. The molecule has 4 N–H and O–H groups in total. The van der Waals surface area contributed by atoms with Crippen LogP contribution in [-0.2, 0) is 7.05 Å². The third-order valence-corrected chi connectivity index (χ3v) is 1.77. The SMILES string of the molecule is Cc1nn(C)c(OCCO)c1C(=N)N. The maximum atomic E-state index is 8.62. The largest absolute Gasteiger partial charge is 0.475 e. The highest BCUT2D eigenvalue weighted by molar-refractivity contribution is 5.98. The Morgan fingerprint density at radius 3 is 2.86 bits per heavy atom. The summed E-state index contributed by atoms with van der Waals surface area (Å²) in [6.07, 6.45) is 0. The Kier molecular flexibility index (Phi) is 3.08. The summed E-state index contributed by atoms with van der Waals surface area (Å²) in [5, 5.41) is 20.0. The fraction of sp³-hybridized carbons (Fsp3) is 0.500. The van der Waals surface area contributed by atoms with Gasteiger partial charge in [0.15, 0.2) is 0 Å². The quantitative estimate of drug-likeness (QED) is 0.444. The zero-order valence-corrected chi connectivity index (χ0v) is 8.24. The number of hydrogen-bond donors (Lipinski definition) is 3. The van der Waals surface area contributed by atoms with Crippen LogP contribution in [0.3, 0.4) is 0 Å². The number of nitrogens with one attached hydrogen (secondary N) is 1. The minimum Gasteiger partial charge on any atom is -0.475 e. The molecule has 0 aromatic carbocycles. The van der Waals surface area contributed by atoms with Crippen molar-refractivity contribution in [2.24, 2.45) is 12.8 Å². The molecule has 0 atom stereocenters. The number of nitrogen functional groups attached to an aromatic ring is 1. The standard InChI is InChI=1S/C8H14N4O2/c1-5-6(7(9)10)8(12(2)11-5)14-4-3-13/h13H,3-4H2,1-2H3,(H3,9,10). The van der Waals surface area contributed by atoms with Gasteiger partial charge in [-0.15, -0.1) is 0 Å². The van der Waals surface area contributed by atoms with E-state index < -0.39 is 0 Å². The number of hydrogen-bond acceptors (Lipinski definition) is 4. The van der Waals surface area contributed by atoms with Crippen LogP contribution in [0.1, 0.15) is 11.3 Å². The maximum Gasteiger partial charge on any atom is 0.223 e. The first-order valence-electron chi connectivity index (χ1n) is 4.19. The number of aliphatic hydroxyl groups excluding tert-OH is 1. The highest BCUT2D eigenvalue weighted by Gasteiger charge is 2.16. The van der Waals surface area contributed by atoms with E-state index in [9.17, 15) is 0 Å². The van der Waals surface area contributed by atoms with E-state index in [1.54, 1.807) is 14.0 Å². The summed E-state index contributed by atoms with van der Waals surface area (Å²) in [4.78, 5) is 0. The van der Waals surface area contributed by atoms with Crippen LogP contribution in [0.5, 0.6) is 5.88 Å². The Labute approximate surface area is 81.8 Å². The first-order valence-corrected chi connectivity index (χ1v) is 4.19. The highest BCUT2D eigenvalue weighted by atomic mass is 16.5. The number of nitrogens with two attached hydrogens (primary N) is 1. The van der Waals surface area contributed by atoms with E-state index in [0.717, 1.165) is 0 Å². The highest BCUT2D eigenvalue weighted by Crippen LogP contribution is 2.20. The van der Waals surface area contributed by atoms with Crippen molar-refractivity contribution in [3.8, 4) is 5.88 Å². The second-order valence-corrected chi connectivity index (χ2v) is 2.87. The molecular formula is C8H14N4O2. The van der Waals surface area contributed by atoms with Crippen LogP contribution < -0.4 is 10.5 Å². The Hall–Kier alpha value is -1.56. The van der Waals surface area contributed by atoms with Gasteiger partial charge in [-0.3, -0.25) is 5.41 Å². The Morgan fingerprint density at radius 2 is 2.36 bits per heavy atom. The number of nitrogens with zero attached hydrogens (tertiary/aromatic N) is 2. The molecule has 6 heteroatoms. The van der Waals surface area contributed by atoms with Crippen molar-refractivity contribution in [2.45, 2.75) is 6.92 Å². The van der Waals surface area contributed by atoms with Crippen molar-refractivity contribution in [3.63, 3.8) is 0 Å². The van der Waals surface area contributed by atoms with Gasteiger partial charge in [-0.25, -0.2) is 4.68 Å². The van der Waals surface area contributed by atoms with Gasteiger partial charge in [0.1, 0.15) is 18.0 Å². The minimum absolute atomic E-state index is 0.0801. The van der Waals surface area contributed by atoms with Gasteiger partial charge >= 0.3 is 0 Å². The average molecular weight is 198 g/mol. The van der Waals surface area contributed by atoms with Gasteiger partial charge < -0.3 is 15.6 Å². The van der Waals surface area contributed by atoms with Crippen molar-refractivity contribution in [1.82, 2.24) is 9.78 Å². The molecule has 0 aliphatic heterocycles. The van der Waals surface area contributed by atoms with Crippen molar-refractivity contribution >= 4 is 5.84 Å². The van der Waals surface area contributed by atoms with Gasteiger partial charge in [0, 0.05) is 7.05 Å². The molecule has 1 aromatic heterocycles. The molecular weight excluding hydrogens is 184 g/mol. The Morgan fingerprint density at radius 1 is 1.71 bits per heavy atom. The van der Waals surface area contributed by atoms with Gasteiger partial charge in [0.05, 0.1) is 12.3 Å². The molecule has 1 rings (SSSR count). The molecule has 0 amide bonds. The van der Waals surface area contributed by atoms with Crippen LogP contribution in [0.15, 0.2) is 0 Å². The monoisotopic (exact) mass is 198 g/mol. The van der Waals surface area contributed by atoms with Gasteiger partial charge in [-0.1, -0.05) is 0 Å². The lowest BCUT2D eigenvalue weighted by molar-refractivity contribution is 0.191. The lowest BCUT2D eigenvalue weighted by Gasteiger charge is -2.06. The summed E-state index contributed by atoms with van der Waals surface area (Å²) in [7, 11) is 1.70. The topological polar surface area (TPSA) is 97.1 Å². The summed E-state index contributed by atoms with van der Waals surface area (Å²) in [6.45, 7) is 1.84. The second-order valence-electron chi connectivity index (χ2n) is 2.87. The van der Waals surface area contributed by atoms with Crippen molar-refractivity contribution < 1.29 is 9.84 Å². The van der Waals surface area contributed by atoms with Crippen LogP contribution in [0.2, 0.25) is 0 Å². The van der Waals surface area contributed by atoms with Crippen molar-refractivity contribution in [1.29, 1.82) is 5.41 Å². The first kappa shape index (κ1) is 10.5. The third-order valence-electron chi connectivity index (χ3n) is 1.77. The van der Waals surface area contributed by atoms with Crippen LogP contribution >= 0.6 is 0 Å². The van der Waals surface area contributed by atoms with Crippen LogP contribution in [0.4, 0.5) is 0 Å². The minimum atomic E-state index is -0.0818. The van der Waals surface area contributed by atoms with E-state index in [1.165, 1.54) is 4.68 Å². The molecule has 0 saturated heterocycles. The van der Waals surface area contributed by atoms with Crippen molar-refractivity contribution in [3.05, 3.63) is 11.3 Å². The number of amidine groups is 1. The molecule has 0 saturated carbocycles.